The van der Waals surface area contributed by atoms with Crippen molar-refractivity contribution in [1.29, 1.82) is 0 Å². The lowest BCUT2D eigenvalue weighted by Crippen LogP contribution is -2.10. The fraction of sp³-hybridized carbons (Fsp3) is 0. The maximum atomic E-state index is 10.0. The highest BCUT2D eigenvalue weighted by atomic mass is 16.3. The first-order valence-corrected chi connectivity index (χ1v) is 19.7. The lowest BCUT2D eigenvalue weighted by atomic mass is 9.97. The third-order valence-electron chi connectivity index (χ3n) is 11.5. The van der Waals surface area contributed by atoms with Crippen molar-refractivity contribution >= 4 is 82.5 Å². The van der Waals surface area contributed by atoms with Crippen LogP contribution in [0.4, 0.5) is 17.1 Å². The largest absolute Gasteiger partial charge is 0.455 e. The van der Waals surface area contributed by atoms with Gasteiger partial charge in [0.05, 0.1) is 16.6 Å². The molecule has 0 aliphatic rings. The molecule has 0 amide bonds. The van der Waals surface area contributed by atoms with Gasteiger partial charge in [0.25, 0.3) is 0 Å². The molecule has 276 valence electrons. The molecule has 0 unspecified atom stereocenters. The number of anilines is 3. The minimum Gasteiger partial charge on any atom is -0.455 e. The molecule has 59 heavy (non-hydrogen) atoms. The Labute approximate surface area is 346 Å². The minimum absolute atomic E-state index is 0.0589. The Balaban J connectivity index is 1.07. The Bertz CT molecular complexity index is 3810. The van der Waals surface area contributed by atoms with Crippen molar-refractivity contribution in [2.24, 2.45) is 0 Å². The van der Waals surface area contributed by atoms with E-state index in [0.717, 1.165) is 60.2 Å². The summed E-state index contributed by atoms with van der Waals surface area (Å²) in [5.74, 6) is 0. The molecule has 3 nitrogen and oxygen atoms in total. The van der Waals surface area contributed by atoms with Gasteiger partial charge in [-0.25, -0.2) is 0 Å². The average Bonchev–Trinajstić information content (AvgIpc) is 3.92. The van der Waals surface area contributed by atoms with Crippen molar-refractivity contribution in [2.75, 3.05) is 4.90 Å². The lowest BCUT2D eigenvalue weighted by Gasteiger charge is -2.27. The predicted octanol–water partition coefficient (Wildman–Crippen LogP) is 16.3. The molecule has 0 bridgehead atoms. The van der Waals surface area contributed by atoms with Crippen molar-refractivity contribution in [3.63, 3.8) is 0 Å². The van der Waals surface area contributed by atoms with Crippen LogP contribution in [0, 0.1) is 0 Å². The van der Waals surface area contributed by atoms with Crippen molar-refractivity contribution in [2.45, 2.75) is 0 Å². The second kappa shape index (κ2) is 13.4. The molecule has 10 aromatic carbocycles. The summed E-state index contributed by atoms with van der Waals surface area (Å²) in [4.78, 5) is 1.90. The topological polar surface area (TPSA) is 29.5 Å². The molecule has 0 fully saturated rings. The highest BCUT2D eigenvalue weighted by molar-refractivity contribution is 6.19. The second-order valence-corrected chi connectivity index (χ2v) is 14.9. The van der Waals surface area contributed by atoms with Gasteiger partial charge in [-0.2, -0.15) is 0 Å². The summed E-state index contributed by atoms with van der Waals surface area (Å²) in [6.45, 7) is 0. The Morgan fingerprint density at radius 1 is 0.390 bits per heavy atom. The summed E-state index contributed by atoms with van der Waals surface area (Å²) in [5.41, 5.74) is 9.18. The van der Waals surface area contributed by atoms with E-state index in [2.05, 4.69) is 103 Å². The fourth-order valence-electron chi connectivity index (χ4n) is 8.68. The van der Waals surface area contributed by atoms with Crippen LogP contribution in [0.5, 0.6) is 0 Å². The number of rotatable bonds is 6. The number of fused-ring (bicyclic) bond motifs is 9. The van der Waals surface area contributed by atoms with Crippen LogP contribution in [-0.2, 0) is 0 Å². The van der Waals surface area contributed by atoms with Crippen molar-refractivity contribution in [1.82, 2.24) is 0 Å². The summed E-state index contributed by atoms with van der Waals surface area (Å²) < 4.78 is 51.3. The van der Waals surface area contributed by atoms with Gasteiger partial charge in [-0.15, -0.1) is 0 Å². The first-order chi connectivity index (χ1) is 30.9. The maximum Gasteiger partial charge on any atom is 0.143 e. The number of nitrogens with zero attached hydrogens (tertiary/aromatic N) is 1. The van der Waals surface area contributed by atoms with Crippen LogP contribution in [-0.4, -0.2) is 0 Å². The van der Waals surface area contributed by atoms with Crippen molar-refractivity contribution < 1.29 is 14.3 Å². The third kappa shape index (κ3) is 5.51. The second-order valence-electron chi connectivity index (χ2n) is 14.9. The smallest absolute Gasteiger partial charge is 0.143 e. The Hall–Kier alpha value is -7.88. The first kappa shape index (κ1) is 29.4. The maximum absolute atomic E-state index is 10.0. The Morgan fingerprint density at radius 3 is 1.95 bits per heavy atom. The summed E-state index contributed by atoms with van der Waals surface area (Å²) in [6.07, 6.45) is 0. The average molecular weight is 758 g/mol. The number of furan rings is 2. The Kier molecular flexibility index (Phi) is 6.65. The van der Waals surface area contributed by atoms with Gasteiger partial charge in [-0.1, -0.05) is 152 Å². The molecule has 0 atom stereocenters. The molecule has 0 spiro atoms. The van der Waals surface area contributed by atoms with Gasteiger partial charge >= 0.3 is 0 Å². The normalized spacial score (nSPS) is 12.7. The van der Waals surface area contributed by atoms with E-state index in [0.29, 0.717) is 33.7 Å². The van der Waals surface area contributed by atoms with Gasteiger partial charge in [-0.3, -0.25) is 0 Å². The molecule has 12 aromatic rings. The summed E-state index contributed by atoms with van der Waals surface area (Å²) in [7, 11) is 0. The van der Waals surface area contributed by atoms with Crippen molar-refractivity contribution in [3.8, 4) is 33.4 Å². The summed E-state index contributed by atoms with van der Waals surface area (Å²) in [6, 6.07) is 62.4. The van der Waals surface area contributed by atoms with E-state index in [9.17, 15) is 5.48 Å². The fourth-order valence-corrected chi connectivity index (χ4v) is 8.68. The molecule has 0 radical (unpaired) electrons. The van der Waals surface area contributed by atoms with E-state index in [-0.39, 0.29) is 35.4 Å². The van der Waals surface area contributed by atoms with Gasteiger partial charge in [0.15, 0.2) is 0 Å². The molecule has 2 aromatic heterocycles. The molecule has 0 aliphatic carbocycles. The first-order valence-electron chi connectivity index (χ1n) is 21.7. The highest BCUT2D eigenvalue weighted by Crippen LogP contribution is 2.46. The van der Waals surface area contributed by atoms with Crippen LogP contribution in [0.15, 0.2) is 221 Å². The van der Waals surface area contributed by atoms with Crippen LogP contribution < -0.4 is 4.90 Å². The van der Waals surface area contributed by atoms with Gasteiger partial charge in [-0.05, 0) is 105 Å². The lowest BCUT2D eigenvalue weighted by molar-refractivity contribution is 0.670. The van der Waals surface area contributed by atoms with Crippen LogP contribution in [0.25, 0.3) is 98.8 Å². The van der Waals surface area contributed by atoms with Crippen LogP contribution in [0.1, 0.15) is 5.48 Å². The van der Waals surface area contributed by atoms with E-state index in [1.807, 2.05) is 89.8 Å². The molecule has 3 heteroatoms. The molecule has 0 saturated heterocycles. The minimum atomic E-state index is -0.286. The van der Waals surface area contributed by atoms with Crippen LogP contribution in [0.2, 0.25) is 0 Å². The Morgan fingerprint density at radius 2 is 1.05 bits per heavy atom. The molecule has 0 saturated carbocycles. The van der Waals surface area contributed by atoms with Gasteiger partial charge in [0.2, 0.25) is 0 Å². The standard InChI is InChI=1S/C56H35NO2/c1-2-13-39-34-42(26-25-36(39)11-1)41-15-7-14-40(33-41)37-27-30-44(31-28-37)57(51-22-10-24-53-54(51)50-32-29-38-12-3-4-18-46(38)56(50)59-53)45-17-8-16-43(35-45)47-20-9-21-49-48-19-5-6-23-52(48)58-55(47)49/h1-35H/i8D,16D,17D,35D. The van der Waals surface area contributed by atoms with E-state index in [1.165, 1.54) is 10.8 Å². The zero-order valence-electron chi connectivity index (χ0n) is 35.7. The van der Waals surface area contributed by atoms with Crippen LogP contribution in [0.3, 0.4) is 0 Å². The summed E-state index contributed by atoms with van der Waals surface area (Å²) >= 11 is 0. The molecule has 0 aliphatic heterocycles. The highest BCUT2D eigenvalue weighted by Gasteiger charge is 2.22. The van der Waals surface area contributed by atoms with Crippen molar-refractivity contribution in [3.05, 3.63) is 212 Å². The van der Waals surface area contributed by atoms with E-state index >= 15 is 0 Å². The number of benzene rings is 10. The zero-order valence-corrected chi connectivity index (χ0v) is 31.7. The SMILES string of the molecule is [2H]c1c([2H])c(-c2cccc3c2oc2ccccc23)c([2H])c(N(c2ccc(-c3cccc(-c4ccc5ccccc5c4)c3)cc2)c2cccc3oc4c5ccccc5ccc4c23)c1[2H]. The van der Waals surface area contributed by atoms with Gasteiger partial charge in [0, 0.05) is 38.5 Å². The number of hydrogen-bond donors (Lipinski definition) is 0. The number of para-hydroxylation sites is 2. The van der Waals surface area contributed by atoms with E-state index in [1.54, 1.807) is 0 Å². The zero-order chi connectivity index (χ0) is 42.3. The van der Waals surface area contributed by atoms with Gasteiger partial charge < -0.3 is 13.7 Å². The molecule has 0 N–H and O–H groups in total. The van der Waals surface area contributed by atoms with Crippen LogP contribution >= 0.6 is 0 Å². The molecular weight excluding hydrogens is 719 g/mol. The monoisotopic (exact) mass is 757 g/mol. The molecule has 12 rings (SSSR count). The quantitative estimate of drug-likeness (QED) is 0.169. The summed E-state index contributed by atoms with van der Waals surface area (Å²) in [5, 5.41) is 7.90. The van der Waals surface area contributed by atoms with E-state index in [4.69, 9.17) is 8.83 Å². The third-order valence-corrected chi connectivity index (χ3v) is 11.5. The number of hydrogen-bond acceptors (Lipinski definition) is 3. The molecule has 2 heterocycles. The van der Waals surface area contributed by atoms with E-state index < -0.39 is 0 Å². The van der Waals surface area contributed by atoms with Gasteiger partial charge in [0.1, 0.15) is 22.3 Å². The molecular formula is C56H35NO2. The predicted molar refractivity (Wildman–Crippen MR) is 247 cm³/mol.